The van der Waals surface area contributed by atoms with Crippen molar-refractivity contribution in [2.24, 2.45) is 5.41 Å². The van der Waals surface area contributed by atoms with E-state index in [1.807, 2.05) is 6.20 Å². The smallest absolute Gasteiger partial charge is 0.185 e. The molecule has 2 saturated heterocycles. The van der Waals surface area contributed by atoms with E-state index in [2.05, 4.69) is 39.0 Å². The Morgan fingerprint density at radius 2 is 1.56 bits per heavy atom. The molecule has 3 fully saturated rings. The monoisotopic (exact) mass is 403 g/mol. The highest BCUT2D eigenvalue weighted by Gasteiger charge is 2.44. The van der Waals surface area contributed by atoms with Gasteiger partial charge in [-0.3, -0.25) is 0 Å². The highest BCUT2D eigenvalue weighted by molar-refractivity contribution is 7.91. The fraction of sp³-hybridized carbons (Fsp3) is 0.550. The zero-order chi connectivity index (χ0) is 18.5. The molecule has 27 heavy (non-hydrogen) atoms. The standard InChI is InChI=1S/C20H25N3O2S2/c24-27(25)13-11-22(12-14-27)17-3-1-16(2-4-17)18-15-21-19(26-18)23-9-7-20(5-6-20)8-10-23/h1-4,15H,5-14H2. The molecule has 144 valence electrons. The summed E-state index contributed by atoms with van der Waals surface area (Å²) in [6.07, 6.45) is 7.49. The van der Waals surface area contributed by atoms with Gasteiger partial charge in [0.25, 0.3) is 0 Å². The van der Waals surface area contributed by atoms with E-state index in [0.717, 1.165) is 23.9 Å². The van der Waals surface area contributed by atoms with Gasteiger partial charge in [0.05, 0.1) is 16.4 Å². The molecule has 1 saturated carbocycles. The van der Waals surface area contributed by atoms with Crippen molar-refractivity contribution in [1.82, 2.24) is 4.98 Å². The number of benzene rings is 1. The van der Waals surface area contributed by atoms with E-state index in [-0.39, 0.29) is 11.5 Å². The van der Waals surface area contributed by atoms with Crippen molar-refractivity contribution in [3.8, 4) is 10.4 Å². The van der Waals surface area contributed by atoms with Gasteiger partial charge < -0.3 is 9.80 Å². The second-order valence-corrected chi connectivity index (χ2v) is 11.5. The number of aromatic nitrogens is 1. The second kappa shape index (κ2) is 6.48. The summed E-state index contributed by atoms with van der Waals surface area (Å²) >= 11 is 1.78. The minimum absolute atomic E-state index is 0.254. The van der Waals surface area contributed by atoms with Crippen LogP contribution in [0.15, 0.2) is 30.5 Å². The van der Waals surface area contributed by atoms with Crippen molar-refractivity contribution in [2.45, 2.75) is 25.7 Å². The average molecular weight is 404 g/mol. The fourth-order valence-corrected chi connectivity index (χ4v) is 6.38. The van der Waals surface area contributed by atoms with Crippen LogP contribution >= 0.6 is 11.3 Å². The van der Waals surface area contributed by atoms with Gasteiger partial charge in [0.2, 0.25) is 0 Å². The highest BCUT2D eigenvalue weighted by Crippen LogP contribution is 2.54. The lowest BCUT2D eigenvalue weighted by Gasteiger charge is -2.31. The van der Waals surface area contributed by atoms with E-state index in [4.69, 9.17) is 0 Å². The fourth-order valence-electron chi connectivity index (χ4n) is 4.20. The molecule has 5 rings (SSSR count). The van der Waals surface area contributed by atoms with Crippen molar-refractivity contribution >= 4 is 32.0 Å². The molecule has 0 unspecified atom stereocenters. The molecule has 7 heteroatoms. The van der Waals surface area contributed by atoms with Crippen LogP contribution in [-0.4, -0.2) is 51.1 Å². The Balaban J connectivity index is 1.26. The normalized spacial score (nSPS) is 23.6. The predicted molar refractivity (Wildman–Crippen MR) is 112 cm³/mol. The third-order valence-corrected chi connectivity index (χ3v) is 9.12. The average Bonchev–Trinajstić information content (AvgIpc) is 3.24. The number of anilines is 2. The van der Waals surface area contributed by atoms with Crippen LogP contribution in [0.25, 0.3) is 10.4 Å². The van der Waals surface area contributed by atoms with Gasteiger partial charge in [0, 0.05) is 38.1 Å². The number of nitrogens with zero attached hydrogens (tertiary/aromatic N) is 3. The Labute approximate surface area is 164 Å². The lowest BCUT2D eigenvalue weighted by atomic mass is 9.94. The summed E-state index contributed by atoms with van der Waals surface area (Å²) < 4.78 is 23.2. The van der Waals surface area contributed by atoms with E-state index in [1.165, 1.54) is 36.1 Å². The largest absolute Gasteiger partial charge is 0.369 e. The van der Waals surface area contributed by atoms with Gasteiger partial charge in [-0.2, -0.15) is 0 Å². The first-order valence-corrected chi connectivity index (χ1v) is 12.4. The van der Waals surface area contributed by atoms with E-state index in [9.17, 15) is 8.42 Å². The SMILES string of the molecule is O=S1(=O)CCN(c2ccc(-c3cnc(N4CCC5(CC4)CC5)s3)cc2)CC1. The lowest BCUT2D eigenvalue weighted by Crippen LogP contribution is -2.40. The van der Waals surface area contributed by atoms with Crippen molar-refractivity contribution in [3.05, 3.63) is 30.5 Å². The summed E-state index contributed by atoms with van der Waals surface area (Å²) in [5, 5.41) is 1.14. The molecule has 3 aliphatic rings. The Bertz CT molecular complexity index is 908. The summed E-state index contributed by atoms with van der Waals surface area (Å²) in [5.74, 6) is 0.508. The predicted octanol–water partition coefficient (Wildman–Crippen LogP) is 3.43. The van der Waals surface area contributed by atoms with Crippen LogP contribution in [0.3, 0.4) is 0 Å². The van der Waals surface area contributed by atoms with Crippen molar-refractivity contribution in [2.75, 3.05) is 47.5 Å². The second-order valence-electron chi connectivity index (χ2n) is 8.18. The van der Waals surface area contributed by atoms with E-state index in [1.54, 1.807) is 11.3 Å². The first-order chi connectivity index (χ1) is 13.0. The van der Waals surface area contributed by atoms with Crippen LogP contribution in [0.2, 0.25) is 0 Å². The molecule has 0 N–H and O–H groups in total. The first kappa shape index (κ1) is 17.5. The molecule has 1 aromatic carbocycles. The maximum Gasteiger partial charge on any atom is 0.185 e. The number of rotatable bonds is 3. The van der Waals surface area contributed by atoms with Crippen LogP contribution < -0.4 is 9.80 Å². The van der Waals surface area contributed by atoms with E-state index < -0.39 is 9.84 Å². The molecule has 3 heterocycles. The minimum atomic E-state index is -2.84. The molecule has 0 amide bonds. The maximum atomic E-state index is 11.6. The Kier molecular flexibility index (Phi) is 4.20. The molecule has 1 aliphatic carbocycles. The molecule has 0 atom stereocenters. The molecule has 1 aromatic heterocycles. The summed E-state index contributed by atoms with van der Waals surface area (Å²) in [7, 11) is -2.84. The van der Waals surface area contributed by atoms with Crippen LogP contribution in [0.4, 0.5) is 10.8 Å². The molecule has 0 radical (unpaired) electrons. The number of sulfone groups is 1. The zero-order valence-electron chi connectivity index (χ0n) is 15.4. The molecular weight excluding hydrogens is 378 g/mol. The summed E-state index contributed by atoms with van der Waals surface area (Å²) in [5.41, 5.74) is 2.98. The minimum Gasteiger partial charge on any atom is -0.369 e. The highest BCUT2D eigenvalue weighted by atomic mass is 32.2. The maximum absolute atomic E-state index is 11.6. The van der Waals surface area contributed by atoms with Crippen molar-refractivity contribution < 1.29 is 8.42 Å². The zero-order valence-corrected chi connectivity index (χ0v) is 17.1. The first-order valence-electron chi connectivity index (χ1n) is 9.79. The van der Waals surface area contributed by atoms with E-state index >= 15 is 0 Å². The van der Waals surface area contributed by atoms with Gasteiger partial charge in [-0.15, -0.1) is 0 Å². The van der Waals surface area contributed by atoms with Gasteiger partial charge >= 0.3 is 0 Å². The van der Waals surface area contributed by atoms with Crippen molar-refractivity contribution in [3.63, 3.8) is 0 Å². The Morgan fingerprint density at radius 3 is 2.19 bits per heavy atom. The summed E-state index contributed by atoms with van der Waals surface area (Å²) in [4.78, 5) is 10.5. The van der Waals surface area contributed by atoms with Gasteiger partial charge in [-0.1, -0.05) is 23.5 Å². The molecule has 5 nitrogen and oxygen atoms in total. The topological polar surface area (TPSA) is 53.5 Å². The summed E-state index contributed by atoms with van der Waals surface area (Å²) in [6.45, 7) is 3.46. The van der Waals surface area contributed by atoms with Crippen LogP contribution in [0.1, 0.15) is 25.7 Å². The number of piperidine rings is 1. The van der Waals surface area contributed by atoms with Crippen molar-refractivity contribution in [1.29, 1.82) is 0 Å². The third kappa shape index (κ3) is 3.59. The molecule has 1 spiro atoms. The molecule has 2 aliphatic heterocycles. The molecular formula is C20H25N3O2S2. The third-order valence-electron chi connectivity index (χ3n) is 6.41. The van der Waals surface area contributed by atoms with E-state index in [0.29, 0.717) is 18.5 Å². The van der Waals surface area contributed by atoms with Crippen LogP contribution in [0, 0.1) is 5.41 Å². The number of hydrogen-bond donors (Lipinski definition) is 0. The molecule has 2 aromatic rings. The van der Waals surface area contributed by atoms with Gasteiger partial charge in [0.15, 0.2) is 15.0 Å². The molecule has 0 bridgehead atoms. The quantitative estimate of drug-likeness (QED) is 0.786. The van der Waals surface area contributed by atoms with Gasteiger partial charge in [-0.05, 0) is 48.8 Å². The number of hydrogen-bond acceptors (Lipinski definition) is 6. The van der Waals surface area contributed by atoms with Crippen LogP contribution in [0.5, 0.6) is 0 Å². The lowest BCUT2D eigenvalue weighted by molar-refractivity contribution is 0.384. The van der Waals surface area contributed by atoms with Gasteiger partial charge in [0.1, 0.15) is 0 Å². The Morgan fingerprint density at radius 1 is 0.889 bits per heavy atom. The van der Waals surface area contributed by atoms with Gasteiger partial charge in [-0.25, -0.2) is 13.4 Å². The Hall–Kier alpha value is -1.60. The summed E-state index contributed by atoms with van der Waals surface area (Å²) in [6, 6.07) is 8.46. The number of thiazole rings is 1. The van der Waals surface area contributed by atoms with Crippen LogP contribution in [-0.2, 0) is 9.84 Å².